The van der Waals surface area contributed by atoms with E-state index in [1.165, 1.54) is 14.2 Å². The monoisotopic (exact) mass is 194 g/mol. The van der Waals surface area contributed by atoms with E-state index >= 15 is 0 Å². The first-order chi connectivity index (χ1) is 6.77. The average molecular weight is 194 g/mol. The van der Waals surface area contributed by atoms with Gasteiger partial charge in [-0.25, -0.2) is 0 Å². The molecule has 0 aliphatic heterocycles. The third-order valence-corrected chi connectivity index (χ3v) is 1.73. The van der Waals surface area contributed by atoms with Gasteiger partial charge in [0.2, 0.25) is 0 Å². The summed E-state index contributed by atoms with van der Waals surface area (Å²) in [4.78, 5) is 0. The molecule has 76 valence electrons. The number of ether oxygens (including phenoxy) is 3. The van der Waals surface area contributed by atoms with Gasteiger partial charge in [-0.05, 0) is 12.1 Å². The molecule has 0 saturated heterocycles. The molecular formula is C11H14O3. The molecule has 3 nitrogen and oxygen atoms in total. The maximum absolute atomic E-state index is 5.47. The van der Waals surface area contributed by atoms with E-state index in [2.05, 4.69) is 6.58 Å². The number of hydrogen-bond donors (Lipinski definition) is 0. The first kappa shape index (κ1) is 10.6. The van der Waals surface area contributed by atoms with Crippen LogP contribution in [0.3, 0.4) is 0 Å². The smallest absolute Gasteiger partial charge is 0.257 e. The molecule has 0 N–H and O–H groups in total. The van der Waals surface area contributed by atoms with Crippen molar-refractivity contribution in [3.8, 4) is 5.75 Å². The largest absolute Gasteiger partial charge is 0.495 e. The minimum Gasteiger partial charge on any atom is -0.495 e. The van der Waals surface area contributed by atoms with E-state index in [0.717, 1.165) is 5.75 Å². The second kappa shape index (κ2) is 5.29. The molecular weight excluding hydrogens is 180 g/mol. The molecule has 0 aliphatic carbocycles. The SMILES string of the molecule is C=C(OC)C(OC)Oc1ccccc1. The summed E-state index contributed by atoms with van der Waals surface area (Å²) in [5.41, 5.74) is 0. The lowest BCUT2D eigenvalue weighted by Gasteiger charge is -2.18. The molecule has 1 aromatic carbocycles. The highest BCUT2D eigenvalue weighted by molar-refractivity contribution is 5.21. The van der Waals surface area contributed by atoms with Crippen LogP contribution in [0.2, 0.25) is 0 Å². The lowest BCUT2D eigenvalue weighted by atomic mass is 10.3. The topological polar surface area (TPSA) is 27.7 Å². The zero-order valence-electron chi connectivity index (χ0n) is 8.40. The van der Waals surface area contributed by atoms with Crippen molar-refractivity contribution in [1.82, 2.24) is 0 Å². The summed E-state index contributed by atoms with van der Waals surface area (Å²) in [6, 6.07) is 9.37. The quantitative estimate of drug-likeness (QED) is 0.531. The molecule has 14 heavy (non-hydrogen) atoms. The van der Waals surface area contributed by atoms with Gasteiger partial charge in [-0.1, -0.05) is 24.8 Å². The Kier molecular flexibility index (Phi) is 4.01. The second-order valence-electron chi connectivity index (χ2n) is 2.67. The molecule has 1 unspecified atom stereocenters. The van der Waals surface area contributed by atoms with Crippen LogP contribution in [0.25, 0.3) is 0 Å². The third-order valence-electron chi connectivity index (χ3n) is 1.73. The van der Waals surface area contributed by atoms with Crippen molar-refractivity contribution in [2.75, 3.05) is 14.2 Å². The zero-order chi connectivity index (χ0) is 10.4. The highest BCUT2D eigenvalue weighted by Crippen LogP contribution is 2.14. The molecule has 0 bridgehead atoms. The lowest BCUT2D eigenvalue weighted by Crippen LogP contribution is -2.21. The van der Waals surface area contributed by atoms with Gasteiger partial charge in [0.05, 0.1) is 7.11 Å². The number of methoxy groups -OCH3 is 2. The van der Waals surface area contributed by atoms with Crippen molar-refractivity contribution in [3.05, 3.63) is 42.7 Å². The predicted molar refractivity (Wildman–Crippen MR) is 54.0 cm³/mol. The Morgan fingerprint density at radius 2 is 1.86 bits per heavy atom. The summed E-state index contributed by atoms with van der Waals surface area (Å²) in [6.07, 6.45) is -0.567. The minimum absolute atomic E-state index is 0.441. The third kappa shape index (κ3) is 2.78. The Morgan fingerprint density at radius 1 is 1.21 bits per heavy atom. The van der Waals surface area contributed by atoms with Crippen molar-refractivity contribution in [2.45, 2.75) is 6.29 Å². The van der Waals surface area contributed by atoms with Crippen molar-refractivity contribution in [1.29, 1.82) is 0 Å². The number of benzene rings is 1. The van der Waals surface area contributed by atoms with E-state index in [-0.39, 0.29) is 0 Å². The Bertz CT molecular complexity index is 282. The molecule has 0 aromatic heterocycles. The van der Waals surface area contributed by atoms with Gasteiger partial charge < -0.3 is 14.2 Å². The van der Waals surface area contributed by atoms with Gasteiger partial charge in [0.15, 0.2) is 5.76 Å². The van der Waals surface area contributed by atoms with Gasteiger partial charge in [0, 0.05) is 7.11 Å². The summed E-state index contributed by atoms with van der Waals surface area (Å²) in [7, 11) is 3.07. The molecule has 0 fully saturated rings. The molecule has 0 aliphatic rings. The van der Waals surface area contributed by atoms with Crippen molar-refractivity contribution in [2.24, 2.45) is 0 Å². The Labute approximate surface area is 83.9 Å². The summed E-state index contributed by atoms with van der Waals surface area (Å²) >= 11 is 0. The van der Waals surface area contributed by atoms with E-state index in [1.807, 2.05) is 30.3 Å². The first-order valence-corrected chi connectivity index (χ1v) is 4.25. The van der Waals surface area contributed by atoms with Crippen molar-refractivity contribution in [3.63, 3.8) is 0 Å². The molecule has 0 spiro atoms. The van der Waals surface area contributed by atoms with Gasteiger partial charge in [-0.3, -0.25) is 0 Å². The van der Waals surface area contributed by atoms with Crippen LogP contribution in [-0.4, -0.2) is 20.5 Å². The summed E-state index contributed by atoms with van der Waals surface area (Å²) < 4.78 is 15.5. The maximum atomic E-state index is 5.47. The zero-order valence-corrected chi connectivity index (χ0v) is 8.40. The van der Waals surface area contributed by atoms with Gasteiger partial charge in [-0.15, -0.1) is 0 Å². The number of rotatable bonds is 5. The second-order valence-corrected chi connectivity index (χ2v) is 2.67. The van der Waals surface area contributed by atoms with Crippen LogP contribution in [0.15, 0.2) is 42.7 Å². The van der Waals surface area contributed by atoms with Crippen molar-refractivity contribution >= 4 is 0 Å². The van der Waals surface area contributed by atoms with Crippen LogP contribution >= 0.6 is 0 Å². The molecule has 0 amide bonds. The van der Waals surface area contributed by atoms with Crippen LogP contribution in [0.1, 0.15) is 0 Å². The highest BCUT2D eigenvalue weighted by Gasteiger charge is 2.13. The first-order valence-electron chi connectivity index (χ1n) is 4.25. The standard InChI is InChI=1S/C11H14O3/c1-9(12-2)11(13-3)14-10-7-5-4-6-8-10/h4-8,11H,1H2,2-3H3. The normalized spacial score (nSPS) is 11.9. The molecule has 1 aromatic rings. The van der Waals surface area contributed by atoms with E-state index in [9.17, 15) is 0 Å². The van der Waals surface area contributed by atoms with E-state index in [1.54, 1.807) is 0 Å². The predicted octanol–water partition coefficient (Wildman–Crippen LogP) is 2.20. The number of para-hydroxylation sites is 1. The molecule has 1 rings (SSSR count). The van der Waals surface area contributed by atoms with Crippen LogP contribution in [0, 0.1) is 0 Å². The van der Waals surface area contributed by atoms with Gasteiger partial charge >= 0.3 is 0 Å². The summed E-state index contributed by atoms with van der Waals surface area (Å²) in [5.74, 6) is 1.16. The molecule has 0 heterocycles. The van der Waals surface area contributed by atoms with Crippen LogP contribution in [-0.2, 0) is 9.47 Å². The van der Waals surface area contributed by atoms with E-state index in [4.69, 9.17) is 14.2 Å². The highest BCUT2D eigenvalue weighted by atomic mass is 16.7. The van der Waals surface area contributed by atoms with Crippen LogP contribution < -0.4 is 4.74 Å². The fourth-order valence-corrected chi connectivity index (χ4v) is 0.964. The van der Waals surface area contributed by atoms with E-state index < -0.39 is 6.29 Å². The maximum Gasteiger partial charge on any atom is 0.257 e. The van der Waals surface area contributed by atoms with Gasteiger partial charge in [-0.2, -0.15) is 0 Å². The molecule has 3 heteroatoms. The van der Waals surface area contributed by atoms with Crippen molar-refractivity contribution < 1.29 is 14.2 Å². The van der Waals surface area contributed by atoms with E-state index in [0.29, 0.717) is 5.76 Å². The molecule has 0 saturated carbocycles. The van der Waals surface area contributed by atoms with Crippen LogP contribution in [0.4, 0.5) is 0 Å². The summed E-state index contributed by atoms with van der Waals surface area (Å²) in [6.45, 7) is 3.67. The minimum atomic E-state index is -0.567. The molecule has 0 radical (unpaired) electrons. The fourth-order valence-electron chi connectivity index (χ4n) is 0.964. The summed E-state index contributed by atoms with van der Waals surface area (Å²) in [5, 5.41) is 0. The number of hydrogen-bond acceptors (Lipinski definition) is 3. The van der Waals surface area contributed by atoms with Gasteiger partial charge in [0.1, 0.15) is 5.75 Å². The Morgan fingerprint density at radius 3 is 2.36 bits per heavy atom. The fraction of sp³-hybridized carbons (Fsp3) is 0.273. The van der Waals surface area contributed by atoms with Crippen LogP contribution in [0.5, 0.6) is 5.75 Å². The molecule has 1 atom stereocenters. The lowest BCUT2D eigenvalue weighted by molar-refractivity contribution is -0.0555. The van der Waals surface area contributed by atoms with Gasteiger partial charge in [0.25, 0.3) is 6.29 Å². The average Bonchev–Trinajstić information content (AvgIpc) is 2.26. The Hall–Kier alpha value is -1.48. The Balaban J connectivity index is 2.62.